The van der Waals surface area contributed by atoms with E-state index in [1.165, 1.54) is 0 Å². The third-order valence-electron chi connectivity index (χ3n) is 4.32. The van der Waals surface area contributed by atoms with Crippen molar-refractivity contribution in [1.82, 2.24) is 14.5 Å². The van der Waals surface area contributed by atoms with Crippen molar-refractivity contribution >= 4 is 5.91 Å². The highest BCUT2D eigenvalue weighted by atomic mass is 16.5. The fourth-order valence-corrected chi connectivity index (χ4v) is 3.01. The fraction of sp³-hybridized carbons (Fsp3) is 0.474. The first-order valence-electron chi connectivity index (χ1n) is 8.26. The minimum Gasteiger partial charge on any atom is -0.375 e. The van der Waals surface area contributed by atoms with E-state index in [0.29, 0.717) is 0 Å². The number of methoxy groups -OCH3 is 1. The van der Waals surface area contributed by atoms with Gasteiger partial charge in [-0.1, -0.05) is 23.8 Å². The molecule has 1 aromatic rings. The molecule has 1 saturated heterocycles. The number of aryl methyl sites for hydroxylation is 1. The predicted molar refractivity (Wildman–Crippen MR) is 95.7 cm³/mol. The topological polar surface area (TPSA) is 47.4 Å². The lowest BCUT2D eigenvalue weighted by molar-refractivity contribution is -0.127. The molecule has 2 unspecified atom stereocenters. The average molecular weight is 329 g/mol. The van der Waals surface area contributed by atoms with Crippen molar-refractivity contribution in [3.8, 4) is 0 Å². The summed E-state index contributed by atoms with van der Waals surface area (Å²) in [4.78, 5) is 18.2. The van der Waals surface area contributed by atoms with Crippen LogP contribution in [0.2, 0.25) is 0 Å². The van der Waals surface area contributed by atoms with Crippen LogP contribution in [0.1, 0.15) is 31.5 Å². The number of piperidine rings is 1. The number of nitrogens with zero attached hydrogens (tertiary/aromatic N) is 3. The second-order valence-corrected chi connectivity index (χ2v) is 6.30. The first-order valence-corrected chi connectivity index (χ1v) is 8.26. The Morgan fingerprint density at radius 3 is 2.83 bits per heavy atom. The molecule has 0 radical (unpaired) electrons. The number of hydrogen-bond donors (Lipinski definition) is 0. The highest BCUT2D eigenvalue weighted by molar-refractivity contribution is 5.94. The Balaban J connectivity index is 2.21. The highest BCUT2D eigenvalue weighted by Gasteiger charge is 2.21. The van der Waals surface area contributed by atoms with E-state index in [0.717, 1.165) is 36.2 Å². The van der Waals surface area contributed by atoms with Crippen molar-refractivity contribution in [1.29, 1.82) is 0 Å². The van der Waals surface area contributed by atoms with Gasteiger partial charge in [-0.05, 0) is 26.7 Å². The maximum Gasteiger partial charge on any atom is 0.249 e. The molecule has 0 aromatic carbocycles. The van der Waals surface area contributed by atoms with Gasteiger partial charge in [0.1, 0.15) is 6.10 Å². The molecule has 2 heterocycles. The standard InChI is InChI=1S/C19H27N3O2/c1-6-17(22-12-15(3)20-13-22)18(24-5)11-14(2)10-16-8-7-9-21(4)19(16)23/h6,10-13,17-18H,1,7-9H2,2-5H3/b14-11+,16-10+. The number of hydrogen-bond acceptors (Lipinski definition) is 3. The molecule has 2 atom stereocenters. The molecular formula is C19H27N3O2. The van der Waals surface area contributed by atoms with Gasteiger partial charge in [0.05, 0.1) is 18.1 Å². The highest BCUT2D eigenvalue weighted by Crippen LogP contribution is 2.21. The second kappa shape index (κ2) is 8.11. The van der Waals surface area contributed by atoms with Crippen molar-refractivity contribution in [2.75, 3.05) is 20.7 Å². The minimum atomic E-state index is -0.177. The van der Waals surface area contributed by atoms with Gasteiger partial charge in [0.25, 0.3) is 0 Å². The molecule has 0 spiro atoms. The number of rotatable bonds is 6. The van der Waals surface area contributed by atoms with Crippen molar-refractivity contribution in [3.05, 3.63) is 54.2 Å². The van der Waals surface area contributed by atoms with Crippen LogP contribution in [0.3, 0.4) is 0 Å². The zero-order valence-corrected chi connectivity index (χ0v) is 15.0. The van der Waals surface area contributed by atoms with Gasteiger partial charge in [-0.3, -0.25) is 4.79 Å². The van der Waals surface area contributed by atoms with Gasteiger partial charge in [-0.15, -0.1) is 6.58 Å². The second-order valence-electron chi connectivity index (χ2n) is 6.30. The van der Waals surface area contributed by atoms with E-state index >= 15 is 0 Å². The van der Waals surface area contributed by atoms with Gasteiger partial charge in [0.15, 0.2) is 0 Å². The number of aromatic nitrogens is 2. The van der Waals surface area contributed by atoms with E-state index in [1.807, 2.05) is 49.9 Å². The quantitative estimate of drug-likeness (QED) is 0.595. The Morgan fingerprint density at radius 1 is 1.50 bits per heavy atom. The van der Waals surface area contributed by atoms with E-state index in [1.54, 1.807) is 18.3 Å². The van der Waals surface area contributed by atoms with Gasteiger partial charge < -0.3 is 14.2 Å². The normalized spacial score (nSPS) is 20.3. The first kappa shape index (κ1) is 18.2. The molecular weight excluding hydrogens is 302 g/mol. The van der Waals surface area contributed by atoms with Crippen LogP contribution in [0.25, 0.3) is 0 Å². The molecule has 2 rings (SSSR count). The maximum atomic E-state index is 12.2. The molecule has 5 heteroatoms. The maximum absolute atomic E-state index is 12.2. The molecule has 0 N–H and O–H groups in total. The first-order chi connectivity index (χ1) is 11.5. The molecule has 0 saturated carbocycles. The fourth-order valence-electron chi connectivity index (χ4n) is 3.01. The number of allylic oxidation sites excluding steroid dienone is 2. The molecule has 1 aromatic heterocycles. The lowest BCUT2D eigenvalue weighted by Gasteiger charge is -2.25. The summed E-state index contributed by atoms with van der Waals surface area (Å²) in [5.41, 5.74) is 2.83. The zero-order chi connectivity index (χ0) is 17.7. The van der Waals surface area contributed by atoms with Gasteiger partial charge in [0.2, 0.25) is 5.91 Å². The van der Waals surface area contributed by atoms with E-state index in [4.69, 9.17) is 4.74 Å². The van der Waals surface area contributed by atoms with E-state index < -0.39 is 0 Å². The molecule has 130 valence electrons. The largest absolute Gasteiger partial charge is 0.375 e. The molecule has 24 heavy (non-hydrogen) atoms. The van der Waals surface area contributed by atoms with Crippen LogP contribution >= 0.6 is 0 Å². The molecule has 0 bridgehead atoms. The van der Waals surface area contributed by atoms with Crippen LogP contribution in [-0.4, -0.2) is 47.2 Å². The number of carbonyl (C=O) groups is 1. The summed E-state index contributed by atoms with van der Waals surface area (Å²) in [6.45, 7) is 8.71. The summed E-state index contributed by atoms with van der Waals surface area (Å²) in [5, 5.41) is 0. The monoisotopic (exact) mass is 329 g/mol. The van der Waals surface area contributed by atoms with Crippen molar-refractivity contribution < 1.29 is 9.53 Å². The van der Waals surface area contributed by atoms with Gasteiger partial charge in [0, 0.05) is 32.5 Å². The Kier molecular flexibility index (Phi) is 6.15. The summed E-state index contributed by atoms with van der Waals surface area (Å²) < 4.78 is 7.65. The molecule has 5 nitrogen and oxygen atoms in total. The summed E-state index contributed by atoms with van der Waals surface area (Å²) in [7, 11) is 3.53. The van der Waals surface area contributed by atoms with Gasteiger partial charge in [-0.2, -0.15) is 0 Å². The molecule has 1 amide bonds. The third-order valence-corrected chi connectivity index (χ3v) is 4.32. The van der Waals surface area contributed by atoms with Gasteiger partial charge >= 0.3 is 0 Å². The lowest BCUT2D eigenvalue weighted by atomic mass is 10.0. The molecule has 1 aliphatic heterocycles. The Labute approximate surface area is 144 Å². The summed E-state index contributed by atoms with van der Waals surface area (Å²) in [5.74, 6) is 0.119. The van der Waals surface area contributed by atoms with E-state index in [-0.39, 0.29) is 18.1 Å². The number of imidazole rings is 1. The van der Waals surface area contributed by atoms with Crippen LogP contribution in [0.5, 0.6) is 0 Å². The van der Waals surface area contributed by atoms with Crippen molar-refractivity contribution in [2.24, 2.45) is 0 Å². The Bertz CT molecular complexity index is 657. The molecule has 1 aliphatic rings. The SMILES string of the molecule is C=CC(C(/C=C(C)/C=C1\CCCN(C)C1=O)OC)n1cnc(C)c1. The number of ether oxygens (including phenoxy) is 1. The molecule has 0 aliphatic carbocycles. The zero-order valence-electron chi connectivity index (χ0n) is 15.0. The summed E-state index contributed by atoms with van der Waals surface area (Å²) in [6, 6.07) is -0.0470. The summed E-state index contributed by atoms with van der Waals surface area (Å²) in [6.07, 6.45) is 11.3. The number of amides is 1. The van der Waals surface area contributed by atoms with Crippen LogP contribution < -0.4 is 0 Å². The number of carbonyl (C=O) groups excluding carboxylic acids is 1. The van der Waals surface area contributed by atoms with Crippen LogP contribution in [0.4, 0.5) is 0 Å². The van der Waals surface area contributed by atoms with Crippen LogP contribution in [0.15, 0.2) is 48.5 Å². The smallest absolute Gasteiger partial charge is 0.249 e. The lowest BCUT2D eigenvalue weighted by Crippen LogP contribution is -2.33. The Morgan fingerprint density at radius 2 is 2.25 bits per heavy atom. The summed E-state index contributed by atoms with van der Waals surface area (Å²) >= 11 is 0. The van der Waals surface area contributed by atoms with Crippen LogP contribution in [-0.2, 0) is 9.53 Å². The predicted octanol–water partition coefficient (Wildman–Crippen LogP) is 3.06. The van der Waals surface area contributed by atoms with Crippen molar-refractivity contribution in [2.45, 2.75) is 38.8 Å². The van der Waals surface area contributed by atoms with Crippen molar-refractivity contribution in [3.63, 3.8) is 0 Å². The molecule has 1 fully saturated rings. The average Bonchev–Trinajstić information content (AvgIpc) is 2.97. The minimum absolute atomic E-state index is 0.0470. The number of likely N-dealkylation sites (tertiary alicyclic amines) is 1. The van der Waals surface area contributed by atoms with Gasteiger partial charge in [-0.25, -0.2) is 4.98 Å². The third kappa shape index (κ3) is 4.23. The Hall–Kier alpha value is -2.14. The van der Waals surface area contributed by atoms with E-state index in [2.05, 4.69) is 11.6 Å². The van der Waals surface area contributed by atoms with Crippen LogP contribution in [0, 0.1) is 6.92 Å². The number of likely N-dealkylation sites (N-methyl/N-ethyl adjacent to an activating group) is 1. The van der Waals surface area contributed by atoms with E-state index in [9.17, 15) is 4.79 Å².